The predicted octanol–water partition coefficient (Wildman–Crippen LogP) is -1.02. The lowest BCUT2D eigenvalue weighted by molar-refractivity contribution is -0.134. The highest BCUT2D eigenvalue weighted by molar-refractivity contribution is 5.86. The van der Waals surface area contributed by atoms with Crippen LogP contribution in [0.1, 0.15) is 6.92 Å². The average molecular weight is 349 g/mol. The summed E-state index contributed by atoms with van der Waals surface area (Å²) in [7, 11) is 0. The summed E-state index contributed by atoms with van der Waals surface area (Å²) >= 11 is 0. The number of carbonyl (C=O) groups excluding carboxylic acids is 1. The van der Waals surface area contributed by atoms with E-state index in [2.05, 4.69) is 25.3 Å². The molecule has 1 amide bonds. The number of hydrogen-bond acceptors (Lipinski definition) is 8. The van der Waals surface area contributed by atoms with Gasteiger partial charge in [-0.1, -0.05) is 0 Å². The van der Waals surface area contributed by atoms with E-state index >= 15 is 0 Å². The van der Waals surface area contributed by atoms with Crippen molar-refractivity contribution >= 4 is 34.8 Å². The molecule has 4 heterocycles. The molecule has 0 spiro atoms. The number of ether oxygens (including phenoxy) is 1. The monoisotopic (exact) mass is 349 g/mol. The normalized spacial score (nSPS) is 22.6. The Labute approximate surface area is 142 Å². The largest absolute Gasteiger partial charge is 0.481 e. The van der Waals surface area contributed by atoms with Crippen LogP contribution in [0.25, 0.3) is 11.2 Å². The van der Waals surface area contributed by atoms with Crippen molar-refractivity contribution in [3.8, 4) is 0 Å². The highest BCUT2D eigenvalue weighted by Gasteiger charge is 2.34. The molecule has 11 heteroatoms. The molecule has 0 aromatic carbocycles. The van der Waals surface area contributed by atoms with E-state index in [-0.39, 0.29) is 23.8 Å². The number of nitrogens with zero attached hydrogens (tertiary/aromatic N) is 4. The number of aliphatic carboxylic acids is 1. The van der Waals surface area contributed by atoms with Gasteiger partial charge in [0.15, 0.2) is 11.5 Å². The zero-order valence-corrected chi connectivity index (χ0v) is 13.6. The number of imidazole rings is 1. The molecule has 2 fully saturated rings. The van der Waals surface area contributed by atoms with Crippen LogP contribution in [-0.4, -0.2) is 69.3 Å². The van der Waals surface area contributed by atoms with Crippen LogP contribution in [0, 0.1) is 5.92 Å². The second-order valence-electron chi connectivity index (χ2n) is 5.87. The number of anilines is 2. The van der Waals surface area contributed by atoms with E-state index in [9.17, 15) is 4.79 Å². The van der Waals surface area contributed by atoms with E-state index in [0.29, 0.717) is 37.8 Å². The molecule has 2 saturated heterocycles. The molecular weight excluding hydrogens is 330 g/mol. The lowest BCUT2D eigenvalue weighted by atomic mass is 10.1. The first kappa shape index (κ1) is 16.9. The Balaban J connectivity index is 0.000000415. The fraction of sp³-hybridized carbons (Fsp3) is 0.500. The Bertz CT molecular complexity index is 789. The minimum atomic E-state index is -0.833. The number of H-pyrrole nitrogens is 1. The first-order valence-corrected chi connectivity index (χ1v) is 7.73. The molecule has 4 rings (SSSR count). The van der Waals surface area contributed by atoms with E-state index < -0.39 is 5.97 Å². The number of carboxylic acids is 1. The zero-order chi connectivity index (χ0) is 18.0. The number of carboxylic acid groups (broad SMARTS) is 1. The first-order chi connectivity index (χ1) is 11.9. The molecule has 11 nitrogen and oxygen atoms in total. The van der Waals surface area contributed by atoms with Gasteiger partial charge >= 0.3 is 0 Å². The molecule has 2 aliphatic heterocycles. The van der Waals surface area contributed by atoms with Gasteiger partial charge in [-0.15, -0.1) is 0 Å². The van der Waals surface area contributed by atoms with E-state index in [1.165, 1.54) is 0 Å². The van der Waals surface area contributed by atoms with Crippen LogP contribution in [0.5, 0.6) is 0 Å². The molecule has 2 aromatic heterocycles. The first-order valence-electron chi connectivity index (χ1n) is 7.73. The number of nitrogens with one attached hydrogen (secondary N) is 2. The molecule has 25 heavy (non-hydrogen) atoms. The second-order valence-corrected chi connectivity index (χ2v) is 5.87. The van der Waals surface area contributed by atoms with Crippen LogP contribution in [0.4, 0.5) is 11.8 Å². The van der Waals surface area contributed by atoms with Gasteiger partial charge in [-0.2, -0.15) is 9.97 Å². The van der Waals surface area contributed by atoms with E-state index in [4.69, 9.17) is 20.4 Å². The minimum absolute atomic E-state index is 0.0304. The summed E-state index contributed by atoms with van der Waals surface area (Å²) in [5.74, 6) is -0.160. The van der Waals surface area contributed by atoms with Crippen molar-refractivity contribution in [2.24, 2.45) is 5.92 Å². The average Bonchev–Trinajstić information content (AvgIpc) is 2.82. The fourth-order valence-electron chi connectivity index (χ4n) is 2.87. The Kier molecular flexibility index (Phi) is 4.65. The van der Waals surface area contributed by atoms with E-state index in [1.807, 2.05) is 4.90 Å². The molecule has 134 valence electrons. The Morgan fingerprint density at radius 1 is 1.40 bits per heavy atom. The smallest absolute Gasteiger partial charge is 0.300 e. The van der Waals surface area contributed by atoms with Gasteiger partial charge in [-0.3, -0.25) is 9.59 Å². The summed E-state index contributed by atoms with van der Waals surface area (Å²) in [6.45, 7) is 3.16. The summed E-state index contributed by atoms with van der Waals surface area (Å²) in [5.41, 5.74) is 7.03. The van der Waals surface area contributed by atoms with Crippen molar-refractivity contribution < 1.29 is 19.4 Å². The van der Waals surface area contributed by atoms with E-state index in [1.54, 1.807) is 6.33 Å². The van der Waals surface area contributed by atoms with Crippen molar-refractivity contribution in [2.75, 3.05) is 36.9 Å². The maximum Gasteiger partial charge on any atom is 0.300 e. The van der Waals surface area contributed by atoms with Crippen LogP contribution in [0.2, 0.25) is 0 Å². The SMILES string of the molecule is CC(=O)O.Nc1nc(N2C[C@H]3COC[C@@H](C2)C(=O)N3)c2[nH]cnc2n1. The van der Waals surface area contributed by atoms with Gasteiger partial charge in [0.2, 0.25) is 11.9 Å². The third-order valence-corrected chi connectivity index (χ3v) is 3.82. The highest BCUT2D eigenvalue weighted by Crippen LogP contribution is 2.25. The molecule has 0 aliphatic carbocycles. The number of fused-ring (bicyclic) bond motifs is 4. The van der Waals surface area contributed by atoms with Crippen LogP contribution in [0.3, 0.4) is 0 Å². The van der Waals surface area contributed by atoms with Crippen molar-refractivity contribution in [3.63, 3.8) is 0 Å². The van der Waals surface area contributed by atoms with Crippen LogP contribution < -0.4 is 16.0 Å². The van der Waals surface area contributed by atoms with Crippen LogP contribution in [0.15, 0.2) is 6.33 Å². The predicted molar refractivity (Wildman–Crippen MR) is 87.9 cm³/mol. The molecule has 0 radical (unpaired) electrons. The highest BCUT2D eigenvalue weighted by atomic mass is 16.5. The fourth-order valence-corrected chi connectivity index (χ4v) is 2.87. The van der Waals surface area contributed by atoms with Gasteiger partial charge in [0.1, 0.15) is 5.52 Å². The molecule has 2 bridgehead atoms. The number of rotatable bonds is 1. The number of nitrogen functional groups attached to an aromatic ring is 1. The summed E-state index contributed by atoms with van der Waals surface area (Å²) < 4.78 is 5.52. The summed E-state index contributed by atoms with van der Waals surface area (Å²) in [6, 6.07) is -0.0563. The van der Waals surface area contributed by atoms with Gasteiger partial charge in [0.25, 0.3) is 5.97 Å². The van der Waals surface area contributed by atoms with Crippen molar-refractivity contribution in [1.29, 1.82) is 0 Å². The summed E-state index contributed by atoms with van der Waals surface area (Å²) in [5, 5.41) is 10.4. The molecule has 0 saturated carbocycles. The molecule has 2 aliphatic rings. The number of amides is 1. The summed E-state index contributed by atoms with van der Waals surface area (Å²) in [6.07, 6.45) is 1.56. The second kappa shape index (κ2) is 6.89. The topological polar surface area (TPSA) is 159 Å². The van der Waals surface area contributed by atoms with Crippen molar-refractivity contribution in [3.05, 3.63) is 6.33 Å². The Morgan fingerprint density at radius 3 is 2.92 bits per heavy atom. The van der Waals surface area contributed by atoms with Crippen LogP contribution in [-0.2, 0) is 14.3 Å². The van der Waals surface area contributed by atoms with Gasteiger partial charge in [-0.25, -0.2) is 4.98 Å². The van der Waals surface area contributed by atoms with Gasteiger partial charge in [-0.05, 0) is 0 Å². The lowest BCUT2D eigenvalue weighted by Crippen LogP contribution is -2.42. The molecule has 2 aromatic rings. The number of carbonyl (C=O) groups is 2. The molecule has 0 unspecified atom stereocenters. The minimum Gasteiger partial charge on any atom is -0.481 e. The Morgan fingerprint density at radius 2 is 2.16 bits per heavy atom. The summed E-state index contributed by atoms with van der Waals surface area (Å²) in [4.78, 5) is 38.7. The number of nitrogens with two attached hydrogens (primary N) is 1. The van der Waals surface area contributed by atoms with Crippen LogP contribution >= 0.6 is 0 Å². The van der Waals surface area contributed by atoms with Crippen molar-refractivity contribution in [2.45, 2.75) is 13.0 Å². The van der Waals surface area contributed by atoms with Gasteiger partial charge < -0.3 is 30.8 Å². The van der Waals surface area contributed by atoms with Crippen molar-refractivity contribution in [1.82, 2.24) is 25.3 Å². The Hall–Kier alpha value is -2.95. The molecule has 2 atom stereocenters. The van der Waals surface area contributed by atoms with Gasteiger partial charge in [0.05, 0.1) is 31.5 Å². The van der Waals surface area contributed by atoms with Gasteiger partial charge in [0, 0.05) is 20.0 Å². The third kappa shape index (κ3) is 3.76. The number of hydrogen-bond donors (Lipinski definition) is 4. The quantitative estimate of drug-likeness (QED) is 0.505. The number of aromatic amines is 1. The molecule has 5 N–H and O–H groups in total. The maximum atomic E-state index is 12.1. The third-order valence-electron chi connectivity index (χ3n) is 3.82. The number of aromatic nitrogens is 4. The maximum absolute atomic E-state index is 12.1. The standard InChI is InChI=1S/C12H15N7O2.C2H4O2/c13-12-17-9-8(14-5-15-9)10(18-12)19-1-6-3-21-4-7(2-19)16-11(6)20;1-2(3)4/h5-7H,1-4H2,(H,16,20)(H3,13,14,15,17,18);1H3,(H,3,4)/t6-,7+;/m1./s1. The zero-order valence-electron chi connectivity index (χ0n) is 13.6. The lowest BCUT2D eigenvalue weighted by Gasteiger charge is -2.28. The van der Waals surface area contributed by atoms with E-state index in [0.717, 1.165) is 12.4 Å². The molecular formula is C14H19N7O4.